The first-order valence-electron chi connectivity index (χ1n) is 9.41. The van der Waals surface area contributed by atoms with Crippen LogP contribution in [0.15, 0.2) is 48.5 Å². The molecule has 0 saturated carbocycles. The number of urea groups is 1. The summed E-state index contributed by atoms with van der Waals surface area (Å²) in [4.78, 5) is 17.1. The maximum absolute atomic E-state index is 12.7. The van der Waals surface area contributed by atoms with E-state index in [1.54, 1.807) is 0 Å². The maximum Gasteiger partial charge on any atom is 0.319 e. The summed E-state index contributed by atoms with van der Waals surface area (Å²) in [6.07, 6.45) is 1.79. The van der Waals surface area contributed by atoms with E-state index in [0.717, 1.165) is 36.6 Å². The van der Waals surface area contributed by atoms with Crippen LogP contribution in [-0.2, 0) is 6.54 Å². The van der Waals surface area contributed by atoms with Crippen LogP contribution < -0.4 is 15.4 Å². The predicted octanol–water partition coefficient (Wildman–Crippen LogP) is 4.34. The van der Waals surface area contributed by atoms with Crippen LogP contribution in [0.1, 0.15) is 36.1 Å². The number of nitrogens with one attached hydrogen (secondary N) is 2. The van der Waals surface area contributed by atoms with E-state index in [2.05, 4.69) is 20.7 Å². The van der Waals surface area contributed by atoms with Gasteiger partial charge in [0, 0.05) is 6.54 Å². The summed E-state index contributed by atoms with van der Waals surface area (Å²) in [5.74, 6) is 2.84. The number of nitrogens with zero attached hydrogens (tertiary/aromatic N) is 3. The second-order valence-corrected chi connectivity index (χ2v) is 6.95. The number of hydrogen-bond donors (Lipinski definition) is 2. The summed E-state index contributed by atoms with van der Waals surface area (Å²) in [7, 11) is 0. The molecular formula is C21H23N5O2. The van der Waals surface area contributed by atoms with Gasteiger partial charge >= 0.3 is 6.03 Å². The number of anilines is 1. The van der Waals surface area contributed by atoms with E-state index in [0.29, 0.717) is 17.2 Å². The molecule has 0 bridgehead atoms. The first kappa shape index (κ1) is 18.0. The van der Waals surface area contributed by atoms with E-state index in [1.165, 1.54) is 0 Å². The van der Waals surface area contributed by atoms with Crippen LogP contribution in [0.5, 0.6) is 11.5 Å². The highest BCUT2D eigenvalue weighted by atomic mass is 16.5. The number of amides is 2. The molecule has 0 spiro atoms. The largest absolute Gasteiger partial charge is 0.455 e. The lowest BCUT2D eigenvalue weighted by atomic mass is 10.1. The number of hydrogen-bond acceptors (Lipinski definition) is 4. The minimum Gasteiger partial charge on any atom is -0.455 e. The lowest BCUT2D eigenvalue weighted by molar-refractivity contribution is 0.244. The summed E-state index contributed by atoms with van der Waals surface area (Å²) in [5.41, 5.74) is 1.65. The highest BCUT2D eigenvalue weighted by Crippen LogP contribution is 2.31. The van der Waals surface area contributed by atoms with Gasteiger partial charge in [0.25, 0.3) is 0 Å². The van der Waals surface area contributed by atoms with E-state index in [-0.39, 0.29) is 12.1 Å². The van der Waals surface area contributed by atoms with Crippen molar-refractivity contribution in [3.8, 4) is 11.5 Å². The van der Waals surface area contributed by atoms with Crippen molar-refractivity contribution in [2.75, 3.05) is 5.32 Å². The molecule has 0 radical (unpaired) electrons. The van der Waals surface area contributed by atoms with Gasteiger partial charge in [-0.3, -0.25) is 0 Å². The minimum atomic E-state index is -0.289. The number of carbonyl (C=O) groups is 1. The van der Waals surface area contributed by atoms with Crippen LogP contribution in [0.3, 0.4) is 0 Å². The molecule has 0 saturated heterocycles. The summed E-state index contributed by atoms with van der Waals surface area (Å²) in [6, 6.07) is 14.8. The Morgan fingerprint density at radius 1 is 1.18 bits per heavy atom. The third-order valence-corrected chi connectivity index (χ3v) is 4.64. The van der Waals surface area contributed by atoms with E-state index < -0.39 is 0 Å². The van der Waals surface area contributed by atoms with Crippen LogP contribution in [0.2, 0.25) is 0 Å². The van der Waals surface area contributed by atoms with Crippen molar-refractivity contribution in [3.63, 3.8) is 0 Å². The molecule has 2 heterocycles. The number of rotatable bonds is 4. The van der Waals surface area contributed by atoms with E-state index in [4.69, 9.17) is 4.74 Å². The molecule has 1 aliphatic rings. The van der Waals surface area contributed by atoms with Gasteiger partial charge in [-0.15, -0.1) is 0 Å². The molecule has 2 aromatic carbocycles. The number of aryl methyl sites for hydroxylation is 3. The summed E-state index contributed by atoms with van der Waals surface area (Å²) in [6.45, 7) is 4.67. The fourth-order valence-electron chi connectivity index (χ4n) is 3.37. The molecule has 7 nitrogen and oxygen atoms in total. The van der Waals surface area contributed by atoms with E-state index in [9.17, 15) is 4.79 Å². The van der Waals surface area contributed by atoms with Gasteiger partial charge in [0.1, 0.15) is 17.4 Å². The predicted molar refractivity (Wildman–Crippen MR) is 107 cm³/mol. The third-order valence-electron chi connectivity index (χ3n) is 4.64. The molecule has 1 aromatic heterocycles. The Hall–Kier alpha value is -3.35. The van der Waals surface area contributed by atoms with Gasteiger partial charge in [-0.05, 0) is 56.5 Å². The number of benzene rings is 2. The van der Waals surface area contributed by atoms with E-state index in [1.807, 2.05) is 67.1 Å². The Morgan fingerprint density at radius 3 is 2.82 bits per heavy atom. The van der Waals surface area contributed by atoms with Gasteiger partial charge in [-0.2, -0.15) is 5.10 Å². The molecule has 0 aliphatic carbocycles. The molecule has 2 N–H and O–H groups in total. The van der Waals surface area contributed by atoms with Crippen LogP contribution in [-0.4, -0.2) is 20.8 Å². The number of para-hydroxylation sites is 1. The highest BCUT2D eigenvalue weighted by molar-refractivity contribution is 5.91. The SMILES string of the molecule is Cc1ccc(Oc2ccccc2)c(NC(=O)NC2CCCn3nc(C)nc32)c1. The van der Waals surface area contributed by atoms with Gasteiger partial charge in [-0.25, -0.2) is 14.5 Å². The Kier molecular flexibility index (Phi) is 4.97. The zero-order chi connectivity index (χ0) is 19.5. The van der Waals surface area contributed by atoms with Crippen molar-refractivity contribution in [2.24, 2.45) is 0 Å². The normalized spacial score (nSPS) is 15.6. The van der Waals surface area contributed by atoms with Crippen molar-refractivity contribution >= 4 is 11.7 Å². The van der Waals surface area contributed by atoms with Gasteiger partial charge in [0.2, 0.25) is 0 Å². The molecule has 1 aliphatic heterocycles. The fraction of sp³-hybridized carbons (Fsp3) is 0.286. The molecular weight excluding hydrogens is 354 g/mol. The van der Waals surface area contributed by atoms with Crippen molar-refractivity contribution < 1.29 is 9.53 Å². The van der Waals surface area contributed by atoms with Crippen LogP contribution in [0, 0.1) is 13.8 Å². The first-order valence-corrected chi connectivity index (χ1v) is 9.41. The lowest BCUT2D eigenvalue weighted by Gasteiger charge is -2.23. The molecule has 1 atom stereocenters. The van der Waals surface area contributed by atoms with Gasteiger partial charge < -0.3 is 15.4 Å². The molecule has 4 rings (SSSR count). The van der Waals surface area contributed by atoms with Crippen LogP contribution in [0.25, 0.3) is 0 Å². The van der Waals surface area contributed by atoms with E-state index >= 15 is 0 Å². The summed E-state index contributed by atoms with van der Waals surface area (Å²) in [5, 5.41) is 10.3. The van der Waals surface area contributed by atoms with Crippen LogP contribution in [0.4, 0.5) is 10.5 Å². The number of carbonyl (C=O) groups excluding carboxylic acids is 1. The minimum absolute atomic E-state index is 0.154. The van der Waals surface area contributed by atoms with Gasteiger partial charge in [0.15, 0.2) is 5.75 Å². The van der Waals surface area contributed by atoms with Gasteiger partial charge in [0.05, 0.1) is 11.7 Å². The second-order valence-electron chi connectivity index (χ2n) is 6.95. The Labute approximate surface area is 163 Å². The average Bonchev–Trinajstić information content (AvgIpc) is 3.06. The smallest absolute Gasteiger partial charge is 0.319 e. The summed E-state index contributed by atoms with van der Waals surface area (Å²) < 4.78 is 7.82. The number of aromatic nitrogens is 3. The monoisotopic (exact) mass is 377 g/mol. The number of ether oxygens (including phenoxy) is 1. The Bertz CT molecular complexity index is 984. The molecule has 2 amide bonds. The van der Waals surface area contributed by atoms with Crippen molar-refractivity contribution in [2.45, 2.75) is 39.3 Å². The van der Waals surface area contributed by atoms with Crippen molar-refractivity contribution in [3.05, 3.63) is 65.7 Å². The zero-order valence-corrected chi connectivity index (χ0v) is 16.0. The summed E-state index contributed by atoms with van der Waals surface area (Å²) >= 11 is 0. The van der Waals surface area contributed by atoms with Crippen LogP contribution >= 0.6 is 0 Å². The topological polar surface area (TPSA) is 81.1 Å². The first-order chi connectivity index (χ1) is 13.6. The zero-order valence-electron chi connectivity index (χ0n) is 16.0. The van der Waals surface area contributed by atoms with Gasteiger partial charge in [-0.1, -0.05) is 24.3 Å². The molecule has 28 heavy (non-hydrogen) atoms. The third kappa shape index (κ3) is 3.98. The maximum atomic E-state index is 12.7. The fourth-order valence-corrected chi connectivity index (χ4v) is 3.37. The number of fused-ring (bicyclic) bond motifs is 1. The Morgan fingerprint density at radius 2 is 2.00 bits per heavy atom. The Balaban J connectivity index is 1.49. The standard InChI is InChI=1S/C21H23N5O2/c1-14-10-11-19(28-16-7-4-3-5-8-16)18(13-14)24-21(27)23-17-9-6-12-26-20(17)22-15(2)25-26/h3-5,7-8,10-11,13,17H,6,9,12H2,1-2H3,(H2,23,24,27). The molecule has 144 valence electrons. The molecule has 7 heteroatoms. The quantitative estimate of drug-likeness (QED) is 0.708. The molecule has 3 aromatic rings. The average molecular weight is 377 g/mol. The van der Waals surface area contributed by atoms with Crippen molar-refractivity contribution in [1.29, 1.82) is 0 Å². The lowest BCUT2D eigenvalue weighted by Crippen LogP contribution is -2.36. The van der Waals surface area contributed by atoms with Crippen molar-refractivity contribution in [1.82, 2.24) is 20.1 Å². The molecule has 1 unspecified atom stereocenters. The highest BCUT2D eigenvalue weighted by Gasteiger charge is 2.25. The second kappa shape index (κ2) is 7.72. The molecule has 0 fully saturated rings.